The van der Waals surface area contributed by atoms with Gasteiger partial charge in [-0.3, -0.25) is 4.99 Å². The van der Waals surface area contributed by atoms with E-state index in [1.807, 2.05) is 18.3 Å². The number of halogens is 1. The Morgan fingerprint density at radius 1 is 1.41 bits per heavy atom. The molecule has 5 nitrogen and oxygen atoms in total. The van der Waals surface area contributed by atoms with Crippen LogP contribution in [0.25, 0.3) is 0 Å². The first-order chi connectivity index (χ1) is 10.6. The van der Waals surface area contributed by atoms with Gasteiger partial charge in [0.05, 0.1) is 10.7 Å². The van der Waals surface area contributed by atoms with Gasteiger partial charge in [-0.05, 0) is 53.1 Å². The number of hydrogen-bond acceptors (Lipinski definition) is 4. The maximum atomic E-state index is 10.6. The van der Waals surface area contributed by atoms with Crippen molar-refractivity contribution in [3.8, 4) is 11.5 Å². The van der Waals surface area contributed by atoms with Crippen LogP contribution in [0.3, 0.4) is 0 Å². The number of methoxy groups -OCH3 is 1. The smallest absolute Gasteiger partial charge is 0.341 e. The zero-order valence-electron chi connectivity index (χ0n) is 12.5. The minimum Gasteiger partial charge on any atom is -0.493 e. The van der Waals surface area contributed by atoms with Crippen molar-refractivity contribution in [2.45, 2.75) is 38.1 Å². The summed E-state index contributed by atoms with van der Waals surface area (Å²) in [6, 6.07) is 4.17. The Kier molecular flexibility index (Phi) is 6.48. The molecule has 22 heavy (non-hydrogen) atoms. The zero-order chi connectivity index (χ0) is 15.9. The first-order valence-corrected chi connectivity index (χ1v) is 8.43. The number of carboxylic acid groups (broad SMARTS) is 1. The zero-order valence-corrected chi connectivity index (χ0v) is 14.7. The second-order valence-corrected chi connectivity index (χ2v) is 6.45. The summed E-state index contributed by atoms with van der Waals surface area (Å²) in [6.07, 6.45) is 8.01. The Hall–Kier alpha value is -1.31. The van der Waals surface area contributed by atoms with Crippen molar-refractivity contribution < 1.29 is 19.4 Å². The van der Waals surface area contributed by atoms with Crippen molar-refractivity contribution in [2.75, 3.05) is 13.7 Å². The third kappa shape index (κ3) is 4.86. The molecule has 6 heteroatoms. The van der Waals surface area contributed by atoms with Crippen molar-refractivity contribution in [1.82, 2.24) is 0 Å². The predicted molar refractivity (Wildman–Crippen MR) is 93.3 cm³/mol. The van der Waals surface area contributed by atoms with Crippen molar-refractivity contribution >= 4 is 34.8 Å². The fraction of sp³-hybridized carbons (Fsp3) is 0.500. The van der Waals surface area contributed by atoms with Gasteiger partial charge in [-0.2, -0.15) is 0 Å². The molecule has 120 valence electrons. The fourth-order valence-electron chi connectivity index (χ4n) is 2.51. The van der Waals surface area contributed by atoms with Gasteiger partial charge < -0.3 is 14.6 Å². The van der Waals surface area contributed by atoms with Gasteiger partial charge in [0, 0.05) is 12.3 Å². The number of benzene rings is 1. The highest BCUT2D eigenvalue weighted by Crippen LogP contribution is 2.33. The quantitative estimate of drug-likeness (QED) is 0.568. The van der Waals surface area contributed by atoms with E-state index in [0.29, 0.717) is 17.5 Å². The molecule has 0 unspecified atom stereocenters. The topological polar surface area (TPSA) is 68.1 Å². The van der Waals surface area contributed by atoms with Gasteiger partial charge in [-0.1, -0.05) is 19.3 Å². The van der Waals surface area contributed by atoms with Crippen molar-refractivity contribution in [3.05, 3.63) is 21.3 Å². The summed E-state index contributed by atoms with van der Waals surface area (Å²) in [5, 5.41) is 8.72. The summed E-state index contributed by atoms with van der Waals surface area (Å²) in [5.41, 5.74) is 0.939. The Morgan fingerprint density at radius 3 is 2.77 bits per heavy atom. The summed E-state index contributed by atoms with van der Waals surface area (Å²) >= 11 is 2.12. The molecular weight excluding hydrogens is 397 g/mol. The molecule has 1 fully saturated rings. The van der Waals surface area contributed by atoms with Crippen LogP contribution in [0.4, 0.5) is 0 Å². The van der Waals surface area contributed by atoms with E-state index in [-0.39, 0.29) is 6.61 Å². The molecule has 0 atom stereocenters. The number of aliphatic imine (C=N–C) groups is 1. The molecule has 2 rings (SSSR count). The monoisotopic (exact) mass is 417 g/mol. The van der Waals surface area contributed by atoms with Crippen LogP contribution in [0.2, 0.25) is 0 Å². The van der Waals surface area contributed by atoms with Crippen LogP contribution in [0.5, 0.6) is 11.5 Å². The standard InChI is InChI=1S/C16H20INO4/c1-21-14-8-11(9-18-12-5-3-2-4-6-12)7-13(17)16(14)22-10-15(19)20/h7-9,12H,2-6,10H2,1H3,(H,19,20). The molecule has 1 aliphatic rings. The van der Waals surface area contributed by atoms with E-state index in [1.165, 1.54) is 19.3 Å². The van der Waals surface area contributed by atoms with E-state index >= 15 is 0 Å². The molecule has 0 bridgehead atoms. The summed E-state index contributed by atoms with van der Waals surface area (Å²) in [4.78, 5) is 15.3. The minimum atomic E-state index is -1.01. The van der Waals surface area contributed by atoms with Crippen LogP contribution in [-0.2, 0) is 4.79 Å². The second-order valence-electron chi connectivity index (χ2n) is 5.29. The maximum Gasteiger partial charge on any atom is 0.341 e. The lowest BCUT2D eigenvalue weighted by Gasteiger charge is -2.17. The summed E-state index contributed by atoms with van der Waals surface area (Å²) in [6.45, 7) is -0.387. The largest absolute Gasteiger partial charge is 0.493 e. The van der Waals surface area contributed by atoms with E-state index < -0.39 is 5.97 Å². The highest BCUT2D eigenvalue weighted by molar-refractivity contribution is 14.1. The second kappa shape index (κ2) is 8.36. The van der Waals surface area contributed by atoms with Crippen LogP contribution >= 0.6 is 22.6 Å². The molecule has 1 N–H and O–H groups in total. The number of carboxylic acids is 1. The lowest BCUT2D eigenvalue weighted by Crippen LogP contribution is -2.11. The predicted octanol–water partition coefficient (Wildman–Crippen LogP) is 3.51. The first kappa shape index (κ1) is 17.1. The van der Waals surface area contributed by atoms with E-state index in [0.717, 1.165) is 22.0 Å². The van der Waals surface area contributed by atoms with Crippen LogP contribution in [0, 0.1) is 3.57 Å². The summed E-state index contributed by atoms with van der Waals surface area (Å²) in [7, 11) is 1.54. The van der Waals surface area contributed by atoms with Gasteiger partial charge in [-0.25, -0.2) is 4.79 Å². The normalized spacial score (nSPS) is 15.9. The summed E-state index contributed by atoms with van der Waals surface area (Å²) in [5.74, 6) is -0.0284. The van der Waals surface area contributed by atoms with E-state index in [9.17, 15) is 4.79 Å². The van der Waals surface area contributed by atoms with Crippen molar-refractivity contribution in [2.24, 2.45) is 4.99 Å². The Labute approximate surface area is 143 Å². The molecule has 1 saturated carbocycles. The van der Waals surface area contributed by atoms with Crippen molar-refractivity contribution in [1.29, 1.82) is 0 Å². The van der Waals surface area contributed by atoms with Crippen LogP contribution < -0.4 is 9.47 Å². The molecule has 0 saturated heterocycles. The number of carbonyl (C=O) groups is 1. The van der Waals surface area contributed by atoms with E-state index in [4.69, 9.17) is 14.6 Å². The molecule has 0 heterocycles. The Balaban J connectivity index is 2.14. The SMILES string of the molecule is COc1cc(C=NC2CCCCC2)cc(I)c1OCC(=O)O. The number of hydrogen-bond donors (Lipinski definition) is 1. The summed E-state index contributed by atoms with van der Waals surface area (Å²) < 4.78 is 11.4. The highest BCUT2D eigenvalue weighted by atomic mass is 127. The van der Waals surface area contributed by atoms with Gasteiger partial charge in [0.2, 0.25) is 0 Å². The molecule has 0 aromatic heterocycles. The van der Waals surface area contributed by atoms with Crippen LogP contribution in [-0.4, -0.2) is 37.0 Å². The number of ether oxygens (including phenoxy) is 2. The molecule has 1 aliphatic carbocycles. The number of aliphatic carboxylic acids is 1. The van der Waals surface area contributed by atoms with Crippen LogP contribution in [0.1, 0.15) is 37.7 Å². The van der Waals surface area contributed by atoms with Gasteiger partial charge in [-0.15, -0.1) is 0 Å². The molecule has 1 aromatic rings. The lowest BCUT2D eigenvalue weighted by atomic mass is 9.96. The average Bonchev–Trinajstić information content (AvgIpc) is 2.52. The molecular formula is C16H20INO4. The van der Waals surface area contributed by atoms with Gasteiger partial charge in [0.25, 0.3) is 0 Å². The molecule has 1 aromatic carbocycles. The van der Waals surface area contributed by atoms with Crippen LogP contribution in [0.15, 0.2) is 17.1 Å². The van der Waals surface area contributed by atoms with E-state index in [1.54, 1.807) is 7.11 Å². The molecule has 0 radical (unpaired) electrons. The molecule has 0 aliphatic heterocycles. The number of rotatable bonds is 6. The Bertz CT molecular complexity index is 553. The van der Waals surface area contributed by atoms with Gasteiger partial charge in [0.15, 0.2) is 18.1 Å². The molecule has 0 amide bonds. The van der Waals surface area contributed by atoms with Gasteiger partial charge in [0.1, 0.15) is 0 Å². The molecule has 0 spiro atoms. The van der Waals surface area contributed by atoms with Crippen molar-refractivity contribution in [3.63, 3.8) is 0 Å². The minimum absolute atomic E-state index is 0.387. The number of nitrogens with zero attached hydrogens (tertiary/aromatic N) is 1. The average molecular weight is 417 g/mol. The lowest BCUT2D eigenvalue weighted by molar-refractivity contribution is -0.139. The van der Waals surface area contributed by atoms with E-state index in [2.05, 4.69) is 27.6 Å². The highest BCUT2D eigenvalue weighted by Gasteiger charge is 2.14. The van der Waals surface area contributed by atoms with Gasteiger partial charge >= 0.3 is 5.97 Å². The maximum absolute atomic E-state index is 10.6. The first-order valence-electron chi connectivity index (χ1n) is 7.35. The Morgan fingerprint density at radius 2 is 2.14 bits per heavy atom. The third-order valence-corrected chi connectivity index (χ3v) is 4.40. The fourth-order valence-corrected chi connectivity index (χ4v) is 3.29. The third-order valence-electron chi connectivity index (χ3n) is 3.60.